The summed E-state index contributed by atoms with van der Waals surface area (Å²) in [6.07, 6.45) is 13.4. The molecule has 2 N–H and O–H groups in total. The van der Waals surface area contributed by atoms with Crippen molar-refractivity contribution in [3.63, 3.8) is 0 Å². The van der Waals surface area contributed by atoms with Gasteiger partial charge in [-0.2, -0.15) is 14.8 Å². The van der Waals surface area contributed by atoms with Gasteiger partial charge in [0.2, 0.25) is 11.6 Å². The number of nitrogens with one attached hydrogen (secondary N) is 2. The maximum Gasteiger partial charge on any atom is 0.251 e. The lowest BCUT2D eigenvalue weighted by Gasteiger charge is -2.31. The van der Waals surface area contributed by atoms with Crippen LogP contribution in [0.1, 0.15) is 107 Å². The normalized spacial score (nSPS) is 17.1. The number of amides is 2. The summed E-state index contributed by atoms with van der Waals surface area (Å²) in [5.74, 6) is 1.70. The minimum atomic E-state index is -0.190. The zero-order valence-electron chi connectivity index (χ0n) is 46.7. The van der Waals surface area contributed by atoms with Crippen molar-refractivity contribution in [1.82, 2.24) is 10.6 Å². The number of rotatable bonds is 25. The highest BCUT2D eigenvalue weighted by atomic mass is 16.5. The van der Waals surface area contributed by atoms with Crippen molar-refractivity contribution in [3.05, 3.63) is 179 Å². The summed E-state index contributed by atoms with van der Waals surface area (Å²) < 4.78 is 20.9. The van der Waals surface area contributed by atoms with Gasteiger partial charge in [-0.05, 0) is 135 Å². The lowest BCUT2D eigenvalue weighted by atomic mass is 9.79. The number of carbonyl (C=O) groups is 2. The van der Waals surface area contributed by atoms with Crippen molar-refractivity contribution in [2.45, 2.75) is 97.3 Å². The monoisotopic (exact) mass is 1040 g/mol. The molecule has 2 amide bonds. The summed E-state index contributed by atoms with van der Waals surface area (Å²) in [5.41, 5.74) is 13.1. The zero-order valence-corrected chi connectivity index (χ0v) is 46.7. The number of hydrogen-bond acceptors (Lipinski definition) is 9. The summed E-state index contributed by atoms with van der Waals surface area (Å²) in [7, 11) is 3.98. The molecule has 0 radical (unpaired) electrons. The second-order valence-electron chi connectivity index (χ2n) is 21.5. The first kappa shape index (κ1) is 56.1. The van der Waals surface area contributed by atoms with Crippen LogP contribution >= 0.6 is 0 Å². The van der Waals surface area contributed by atoms with E-state index in [0.717, 1.165) is 73.6 Å². The minimum absolute atomic E-state index is 0.0244. The number of aryl methyl sites for hydroxylation is 1. The van der Waals surface area contributed by atoms with Crippen molar-refractivity contribution in [1.29, 1.82) is 0 Å². The van der Waals surface area contributed by atoms with Gasteiger partial charge in [-0.25, -0.2) is 0 Å². The van der Waals surface area contributed by atoms with Gasteiger partial charge in [0.25, 0.3) is 5.91 Å². The quantitative estimate of drug-likeness (QED) is 0.0339. The smallest absolute Gasteiger partial charge is 0.251 e. The first-order chi connectivity index (χ1) is 37.3. The van der Waals surface area contributed by atoms with Gasteiger partial charge in [0.15, 0.2) is 5.71 Å². The van der Waals surface area contributed by atoms with Gasteiger partial charge in [-0.15, -0.1) is 0 Å². The Morgan fingerprint density at radius 3 is 2.06 bits per heavy atom. The fourth-order valence-electron chi connectivity index (χ4n) is 10.8. The molecule has 1 atom stereocenters. The van der Waals surface area contributed by atoms with E-state index in [0.29, 0.717) is 63.6 Å². The fraction of sp³-hybridized carbons (Fsp3) is 0.400. The molecule has 0 fully saturated rings. The van der Waals surface area contributed by atoms with E-state index in [2.05, 4.69) is 163 Å². The molecule has 5 aromatic rings. The van der Waals surface area contributed by atoms with Crippen molar-refractivity contribution < 1.29 is 28.4 Å². The van der Waals surface area contributed by atoms with Crippen LogP contribution in [0.15, 0.2) is 167 Å². The molecule has 12 nitrogen and oxygen atoms in total. The summed E-state index contributed by atoms with van der Waals surface area (Å²) in [6, 6.07) is 40.8. The molecule has 0 bridgehead atoms. The van der Waals surface area contributed by atoms with Crippen LogP contribution in [0.3, 0.4) is 0 Å². The van der Waals surface area contributed by atoms with E-state index in [4.69, 9.17) is 14.2 Å². The minimum Gasteiger partial charge on any atom is -0.461 e. The number of azo groups is 1. The number of hydrogen-bond donors (Lipinski definition) is 2. The third-order valence-corrected chi connectivity index (χ3v) is 15.0. The number of ether oxygens (including phenoxy) is 3. The third kappa shape index (κ3) is 13.9. The number of fused-ring (bicyclic) bond motifs is 2. The van der Waals surface area contributed by atoms with Crippen LogP contribution in [-0.4, -0.2) is 88.8 Å². The largest absolute Gasteiger partial charge is 0.461 e. The lowest BCUT2D eigenvalue weighted by Crippen LogP contribution is -2.29. The topological polar surface area (TPSA) is 120 Å². The lowest BCUT2D eigenvalue weighted by molar-refractivity contribution is -0.437. The Bertz CT molecular complexity index is 2970. The SMILES string of the molecule is CCCN1/C(=C\C2CCCC(/C=C/C3=[N+](CCC)c4ccccc4C3(C)C)=C2Oc2ccc(CCC(=O)NCCOCCOCCNC(=O)c3ccc(N=Nc4ccc(N(C)C)cc4)cc3)cc2)C(C)(C)c2ccccc21. The molecule has 8 rings (SSSR count). The number of benzene rings is 5. The Balaban J connectivity index is 0.807. The molecule has 2 aliphatic heterocycles. The summed E-state index contributed by atoms with van der Waals surface area (Å²) in [5, 5.41) is 14.4. The van der Waals surface area contributed by atoms with E-state index in [1.807, 2.05) is 43.3 Å². The maximum absolute atomic E-state index is 12.9. The molecule has 1 unspecified atom stereocenters. The molecule has 2 heterocycles. The second kappa shape index (κ2) is 26.3. The Labute approximate surface area is 457 Å². The van der Waals surface area contributed by atoms with Crippen LogP contribution in [0.5, 0.6) is 5.75 Å². The summed E-state index contributed by atoms with van der Waals surface area (Å²) in [4.78, 5) is 30.1. The molecule has 404 valence electrons. The van der Waals surface area contributed by atoms with E-state index < -0.39 is 0 Å². The van der Waals surface area contributed by atoms with Crippen molar-refractivity contribution >= 4 is 46.0 Å². The molecule has 5 aromatic carbocycles. The van der Waals surface area contributed by atoms with E-state index in [9.17, 15) is 9.59 Å². The molecule has 1 aliphatic carbocycles. The second-order valence-corrected chi connectivity index (χ2v) is 21.5. The highest BCUT2D eigenvalue weighted by Crippen LogP contribution is 2.49. The van der Waals surface area contributed by atoms with E-state index in [1.165, 1.54) is 39.5 Å². The first-order valence-corrected chi connectivity index (χ1v) is 27.8. The van der Waals surface area contributed by atoms with Crippen LogP contribution in [0.4, 0.5) is 28.4 Å². The van der Waals surface area contributed by atoms with E-state index >= 15 is 0 Å². The van der Waals surface area contributed by atoms with Crippen LogP contribution < -0.4 is 25.2 Å². The first-order valence-electron chi connectivity index (χ1n) is 27.8. The average Bonchev–Trinajstić information content (AvgIpc) is 3.84. The Hall–Kier alpha value is -7.15. The molecule has 3 aliphatic rings. The van der Waals surface area contributed by atoms with Crippen molar-refractivity contribution in [2.75, 3.05) is 76.5 Å². The van der Waals surface area contributed by atoms with Gasteiger partial charge in [0.05, 0.1) is 43.2 Å². The Kier molecular flexibility index (Phi) is 19.1. The molecule has 0 spiro atoms. The maximum atomic E-state index is 12.9. The van der Waals surface area contributed by atoms with Crippen LogP contribution in [-0.2, 0) is 31.5 Å². The molecule has 77 heavy (non-hydrogen) atoms. The fourth-order valence-corrected chi connectivity index (χ4v) is 10.8. The average molecular weight is 1040 g/mol. The predicted molar refractivity (Wildman–Crippen MR) is 312 cm³/mol. The van der Waals surface area contributed by atoms with Crippen LogP contribution in [0.25, 0.3) is 0 Å². The van der Waals surface area contributed by atoms with Gasteiger partial charge in [-0.1, -0.05) is 82.3 Å². The number of nitrogens with zero attached hydrogens (tertiary/aromatic N) is 5. The summed E-state index contributed by atoms with van der Waals surface area (Å²) in [6.45, 7) is 18.1. The summed E-state index contributed by atoms with van der Waals surface area (Å²) >= 11 is 0. The molecule has 0 aromatic heterocycles. The number of carbonyl (C=O) groups excluding carboxylic acids is 2. The molecule has 0 saturated carbocycles. The predicted octanol–water partition coefficient (Wildman–Crippen LogP) is 13.2. The zero-order chi connectivity index (χ0) is 54.4. The Morgan fingerprint density at radius 2 is 1.39 bits per heavy atom. The van der Waals surface area contributed by atoms with E-state index in [1.54, 1.807) is 24.3 Å². The van der Waals surface area contributed by atoms with Gasteiger partial charge in [0, 0.05) is 98.2 Å². The number of allylic oxidation sites excluding steroid dienone is 5. The van der Waals surface area contributed by atoms with Gasteiger partial charge < -0.3 is 34.6 Å². The number of anilines is 2. The highest BCUT2D eigenvalue weighted by Gasteiger charge is 2.44. The third-order valence-electron chi connectivity index (χ3n) is 15.0. The van der Waals surface area contributed by atoms with Gasteiger partial charge >= 0.3 is 0 Å². The highest BCUT2D eigenvalue weighted by molar-refractivity contribution is 6.03. The molecule has 0 saturated heterocycles. The number of para-hydroxylation sites is 2. The van der Waals surface area contributed by atoms with Gasteiger partial charge in [0.1, 0.15) is 18.1 Å². The molecular formula is C65H80N7O5+. The van der Waals surface area contributed by atoms with Crippen LogP contribution in [0, 0.1) is 5.92 Å². The van der Waals surface area contributed by atoms with Crippen molar-refractivity contribution in [2.24, 2.45) is 16.1 Å². The Morgan fingerprint density at radius 1 is 0.740 bits per heavy atom. The van der Waals surface area contributed by atoms with Crippen LogP contribution in [0.2, 0.25) is 0 Å². The molecule has 12 heteroatoms. The van der Waals surface area contributed by atoms with Crippen molar-refractivity contribution in [3.8, 4) is 5.75 Å². The van der Waals surface area contributed by atoms with E-state index in [-0.39, 0.29) is 28.6 Å². The molecular weight excluding hydrogens is 959 g/mol. The van der Waals surface area contributed by atoms with Gasteiger partial charge in [-0.3, -0.25) is 9.59 Å². The standard InChI is InChI=1S/C65H79N7O5/c1-9-40-71-57-20-13-11-18-55(57)64(3,4)59(71)36-27-48-16-15-17-50(46-60-65(5,6)56-19-12-14-21-58(56)72(60)41-10-2)62(48)77-54-34-22-47(23-35-54)24-37-61(73)66-38-42-75-44-45-76-43-39-67-63(74)49-25-28-51(29-26-49)68-69-52-30-32-53(33-31-52)70(7)8/h11-14,18-23,25-36,46,50H,9-10,15-17,24,37-45H2,1-8H3,(H-,66,67,73,74)/p+1/b36-27+,60-46-,69-68?.